The number of anilines is 1. The smallest absolute Gasteiger partial charge is 0.295 e. The maximum atomic E-state index is 12.9. The molecule has 94 valence electrons. The van der Waals surface area contributed by atoms with Gasteiger partial charge in [0.05, 0.1) is 23.7 Å². The number of nitro benzene ring substituents is 1. The maximum Gasteiger partial charge on any atom is 0.295 e. The van der Waals surface area contributed by atoms with E-state index in [4.69, 9.17) is 11.6 Å². The summed E-state index contributed by atoms with van der Waals surface area (Å²) in [6.45, 7) is 0.295. The maximum absolute atomic E-state index is 12.9. The number of halogens is 2. The van der Waals surface area contributed by atoms with Gasteiger partial charge in [-0.2, -0.15) is 0 Å². The molecule has 0 saturated carbocycles. The van der Waals surface area contributed by atoms with E-state index in [-0.39, 0.29) is 11.4 Å². The van der Waals surface area contributed by atoms with Crippen molar-refractivity contribution in [1.82, 2.24) is 4.98 Å². The van der Waals surface area contributed by atoms with Gasteiger partial charge in [-0.05, 0) is 12.1 Å². The number of benzene rings is 1. The third-order valence-corrected chi connectivity index (χ3v) is 3.23. The van der Waals surface area contributed by atoms with Crippen molar-refractivity contribution >= 4 is 34.3 Å². The number of thiazole rings is 1. The van der Waals surface area contributed by atoms with E-state index in [0.29, 0.717) is 15.9 Å². The van der Waals surface area contributed by atoms with Gasteiger partial charge in [-0.1, -0.05) is 11.6 Å². The van der Waals surface area contributed by atoms with Crippen LogP contribution in [0.25, 0.3) is 0 Å². The Bertz CT molecular complexity index is 590. The Labute approximate surface area is 110 Å². The molecule has 0 radical (unpaired) electrons. The van der Waals surface area contributed by atoms with Gasteiger partial charge in [0.15, 0.2) is 0 Å². The molecule has 1 aromatic heterocycles. The van der Waals surface area contributed by atoms with Crippen molar-refractivity contribution in [3.8, 4) is 0 Å². The first-order chi connectivity index (χ1) is 8.56. The van der Waals surface area contributed by atoms with Gasteiger partial charge in [-0.25, -0.2) is 9.37 Å². The molecule has 0 saturated heterocycles. The Morgan fingerprint density at radius 3 is 2.94 bits per heavy atom. The number of aromatic nitrogens is 1. The molecule has 0 amide bonds. The Kier molecular flexibility index (Phi) is 3.73. The van der Waals surface area contributed by atoms with Crippen LogP contribution in [0.4, 0.5) is 15.8 Å². The Morgan fingerprint density at radius 1 is 1.56 bits per heavy atom. The van der Waals surface area contributed by atoms with E-state index in [2.05, 4.69) is 10.3 Å². The molecule has 18 heavy (non-hydrogen) atoms. The molecule has 0 aliphatic rings. The lowest BCUT2D eigenvalue weighted by Gasteiger charge is -2.04. The summed E-state index contributed by atoms with van der Waals surface area (Å²) in [5, 5.41) is 14.3. The number of nitro groups is 1. The number of hydrogen-bond donors (Lipinski definition) is 1. The number of nitrogens with zero attached hydrogens (tertiary/aromatic N) is 2. The third-order valence-electron chi connectivity index (χ3n) is 2.11. The molecule has 5 nitrogen and oxygen atoms in total. The average Bonchev–Trinajstić information content (AvgIpc) is 2.73. The van der Waals surface area contributed by atoms with E-state index in [1.54, 1.807) is 0 Å². The fraction of sp³-hybridized carbons (Fsp3) is 0.100. The summed E-state index contributed by atoms with van der Waals surface area (Å²) >= 11 is 6.99. The minimum Gasteiger partial charge on any atom is -0.373 e. The fourth-order valence-electron chi connectivity index (χ4n) is 1.35. The summed E-state index contributed by atoms with van der Waals surface area (Å²) in [5.74, 6) is -0.649. The average molecular weight is 288 g/mol. The molecule has 2 rings (SSSR count). The third kappa shape index (κ3) is 2.93. The Balaban J connectivity index is 2.16. The summed E-state index contributed by atoms with van der Waals surface area (Å²) in [6, 6.07) is 3.35. The molecule has 0 unspecified atom stereocenters. The first kappa shape index (κ1) is 12.7. The molecule has 1 aromatic carbocycles. The van der Waals surface area contributed by atoms with Gasteiger partial charge in [0.25, 0.3) is 5.69 Å². The summed E-state index contributed by atoms with van der Waals surface area (Å²) in [7, 11) is 0. The van der Waals surface area contributed by atoms with Crippen LogP contribution >= 0.6 is 22.9 Å². The van der Waals surface area contributed by atoms with Crippen LogP contribution < -0.4 is 5.32 Å². The van der Waals surface area contributed by atoms with E-state index in [0.717, 1.165) is 12.1 Å². The fourth-order valence-corrected chi connectivity index (χ4v) is 2.24. The van der Waals surface area contributed by atoms with Gasteiger partial charge in [-0.3, -0.25) is 10.1 Å². The summed E-state index contributed by atoms with van der Waals surface area (Å²) < 4.78 is 13.5. The zero-order valence-corrected chi connectivity index (χ0v) is 10.5. The summed E-state index contributed by atoms with van der Waals surface area (Å²) in [6.07, 6.45) is 1.50. The van der Waals surface area contributed by atoms with Crippen LogP contribution in [0.3, 0.4) is 0 Å². The van der Waals surface area contributed by atoms with E-state index in [1.807, 2.05) is 0 Å². The Morgan fingerprint density at radius 2 is 2.33 bits per heavy atom. The van der Waals surface area contributed by atoms with Crippen molar-refractivity contribution in [2.75, 3.05) is 5.32 Å². The summed E-state index contributed by atoms with van der Waals surface area (Å²) in [4.78, 5) is 14.1. The summed E-state index contributed by atoms with van der Waals surface area (Å²) in [5.41, 5.74) is -0.0645. The van der Waals surface area contributed by atoms with Crippen LogP contribution in [-0.2, 0) is 6.54 Å². The second-order valence-corrected chi connectivity index (χ2v) is 5.08. The van der Waals surface area contributed by atoms with Crippen LogP contribution in [0.1, 0.15) is 5.01 Å². The van der Waals surface area contributed by atoms with Crippen LogP contribution in [0.5, 0.6) is 0 Å². The van der Waals surface area contributed by atoms with Crippen LogP contribution in [0.15, 0.2) is 24.4 Å². The molecule has 1 heterocycles. The molecular formula is C10H7ClFN3O2S. The molecule has 0 bridgehead atoms. The second kappa shape index (κ2) is 5.28. The second-order valence-electron chi connectivity index (χ2n) is 3.33. The zero-order valence-electron chi connectivity index (χ0n) is 8.89. The predicted molar refractivity (Wildman–Crippen MR) is 67.5 cm³/mol. The van der Waals surface area contributed by atoms with Gasteiger partial charge in [0.1, 0.15) is 20.8 Å². The van der Waals surface area contributed by atoms with Crippen LogP contribution in [0, 0.1) is 15.9 Å². The van der Waals surface area contributed by atoms with Crippen molar-refractivity contribution in [3.05, 3.63) is 49.7 Å². The SMILES string of the molecule is O=[N+]([O-])c1cc(F)ccc1NCc1ncc(Cl)s1. The monoisotopic (exact) mass is 287 g/mol. The van der Waals surface area contributed by atoms with E-state index >= 15 is 0 Å². The molecule has 0 spiro atoms. The minimum atomic E-state index is -0.649. The lowest BCUT2D eigenvalue weighted by atomic mass is 10.2. The Hall–Kier alpha value is -1.73. The topological polar surface area (TPSA) is 68.1 Å². The minimum absolute atomic E-state index is 0.243. The highest BCUT2D eigenvalue weighted by Gasteiger charge is 2.14. The van der Waals surface area contributed by atoms with E-state index in [9.17, 15) is 14.5 Å². The van der Waals surface area contributed by atoms with Crippen molar-refractivity contribution in [2.24, 2.45) is 0 Å². The molecule has 0 aliphatic heterocycles. The highest BCUT2D eigenvalue weighted by Crippen LogP contribution is 2.26. The normalized spacial score (nSPS) is 10.3. The van der Waals surface area contributed by atoms with Gasteiger partial charge in [-0.15, -0.1) is 11.3 Å². The van der Waals surface area contributed by atoms with Gasteiger partial charge in [0, 0.05) is 0 Å². The highest BCUT2D eigenvalue weighted by atomic mass is 35.5. The standard InChI is InChI=1S/C10H7ClFN3O2S/c11-9-4-14-10(18-9)5-13-7-2-1-6(12)3-8(7)15(16)17/h1-4,13H,5H2. The molecule has 0 aliphatic carbocycles. The van der Waals surface area contributed by atoms with Crippen molar-refractivity contribution < 1.29 is 9.31 Å². The molecule has 2 aromatic rings. The molecule has 0 fully saturated rings. The van der Waals surface area contributed by atoms with E-state index < -0.39 is 10.7 Å². The zero-order chi connectivity index (χ0) is 13.1. The van der Waals surface area contributed by atoms with Gasteiger partial charge < -0.3 is 5.32 Å². The number of hydrogen-bond acceptors (Lipinski definition) is 5. The van der Waals surface area contributed by atoms with Crippen molar-refractivity contribution in [3.63, 3.8) is 0 Å². The van der Waals surface area contributed by atoms with Crippen molar-refractivity contribution in [2.45, 2.75) is 6.54 Å². The van der Waals surface area contributed by atoms with Gasteiger partial charge in [0.2, 0.25) is 0 Å². The van der Waals surface area contributed by atoms with E-state index in [1.165, 1.54) is 23.6 Å². The molecule has 1 N–H and O–H groups in total. The number of rotatable bonds is 4. The quantitative estimate of drug-likeness (QED) is 0.691. The van der Waals surface area contributed by atoms with Crippen molar-refractivity contribution in [1.29, 1.82) is 0 Å². The van der Waals surface area contributed by atoms with Gasteiger partial charge >= 0.3 is 0 Å². The lowest BCUT2D eigenvalue weighted by Crippen LogP contribution is -2.02. The molecular weight excluding hydrogens is 281 g/mol. The highest BCUT2D eigenvalue weighted by molar-refractivity contribution is 7.15. The first-order valence-corrected chi connectivity index (χ1v) is 6.04. The number of nitrogens with one attached hydrogen (secondary N) is 1. The predicted octanol–water partition coefficient (Wildman–Crippen LogP) is 3.46. The molecule has 0 atom stereocenters. The van der Waals surface area contributed by atoms with Crippen LogP contribution in [-0.4, -0.2) is 9.91 Å². The molecule has 8 heteroatoms. The lowest BCUT2D eigenvalue weighted by molar-refractivity contribution is -0.384. The first-order valence-electron chi connectivity index (χ1n) is 4.84. The van der Waals surface area contributed by atoms with Crippen LogP contribution in [0.2, 0.25) is 4.34 Å². The largest absolute Gasteiger partial charge is 0.373 e.